The molecular weight excluding hydrogens is 479 g/mol. The minimum absolute atomic E-state index is 0.0285. The Bertz CT molecular complexity index is 1260. The molecule has 33 heavy (non-hydrogen) atoms. The zero-order valence-corrected chi connectivity index (χ0v) is 19.4. The molecule has 7 nitrogen and oxygen atoms in total. The van der Waals surface area contributed by atoms with Crippen molar-refractivity contribution >= 4 is 32.4 Å². The van der Waals surface area contributed by atoms with Crippen molar-refractivity contribution in [2.24, 2.45) is 0 Å². The molecule has 0 fully saturated rings. The molecule has 2 aromatic carbocycles. The topological polar surface area (TPSA) is 88.6 Å². The van der Waals surface area contributed by atoms with Crippen molar-refractivity contribution in [3.63, 3.8) is 0 Å². The molecule has 0 radical (unpaired) electrons. The Kier molecular flexibility index (Phi) is 7.10. The summed E-state index contributed by atoms with van der Waals surface area (Å²) in [5.74, 6) is -0.621. The average molecular weight is 500 g/mol. The third-order valence-corrected chi connectivity index (χ3v) is 7.88. The van der Waals surface area contributed by atoms with Crippen molar-refractivity contribution in [3.05, 3.63) is 59.8 Å². The van der Waals surface area contributed by atoms with Gasteiger partial charge in [-0.15, -0.1) is 13.2 Å². The number of alkyl halides is 3. The first-order valence-electron chi connectivity index (χ1n) is 9.52. The molecule has 1 aromatic heterocycles. The maximum Gasteiger partial charge on any atom is 0.573 e. The lowest BCUT2D eigenvalue weighted by atomic mass is 10.0. The third kappa shape index (κ3) is 6.09. The molecule has 0 atom stereocenters. The SMILES string of the molecule is CNS(=O)(=O)c1sc(N(C)C(=O)Cc2ccc(-c3cccc(OC(F)(F)F)c3)cc2)nc1C. The number of benzene rings is 2. The molecule has 0 spiro atoms. The molecule has 1 amide bonds. The number of amides is 1. The number of nitrogens with one attached hydrogen (secondary N) is 1. The van der Waals surface area contributed by atoms with Gasteiger partial charge < -0.3 is 4.74 Å². The summed E-state index contributed by atoms with van der Waals surface area (Å²) in [6, 6.07) is 12.4. The molecule has 3 rings (SSSR count). The highest BCUT2D eigenvalue weighted by Crippen LogP contribution is 2.30. The van der Waals surface area contributed by atoms with Gasteiger partial charge in [0.25, 0.3) is 10.0 Å². The molecule has 176 valence electrons. The van der Waals surface area contributed by atoms with Crippen molar-refractivity contribution < 1.29 is 31.1 Å². The molecule has 0 unspecified atom stereocenters. The first-order chi connectivity index (χ1) is 15.4. The van der Waals surface area contributed by atoms with Crippen LogP contribution >= 0.6 is 11.3 Å². The van der Waals surface area contributed by atoms with E-state index in [1.165, 1.54) is 37.2 Å². The van der Waals surface area contributed by atoms with Gasteiger partial charge >= 0.3 is 6.36 Å². The second-order valence-electron chi connectivity index (χ2n) is 6.98. The number of thiazole rings is 1. The van der Waals surface area contributed by atoms with E-state index in [1.807, 2.05) is 0 Å². The molecule has 0 aliphatic rings. The van der Waals surface area contributed by atoms with Crippen LogP contribution in [0.15, 0.2) is 52.7 Å². The van der Waals surface area contributed by atoms with Gasteiger partial charge in [0.15, 0.2) is 9.34 Å². The predicted octanol–water partition coefficient (Wildman–Crippen LogP) is 4.13. The van der Waals surface area contributed by atoms with Gasteiger partial charge in [-0.3, -0.25) is 9.69 Å². The zero-order chi connectivity index (χ0) is 24.4. The van der Waals surface area contributed by atoms with E-state index in [1.54, 1.807) is 37.3 Å². The molecule has 1 heterocycles. The monoisotopic (exact) mass is 499 g/mol. The lowest BCUT2D eigenvalue weighted by molar-refractivity contribution is -0.274. The minimum atomic E-state index is -4.77. The van der Waals surface area contributed by atoms with Crippen LogP contribution in [0.1, 0.15) is 11.3 Å². The fraction of sp³-hybridized carbons (Fsp3) is 0.238. The van der Waals surface area contributed by atoms with Crippen LogP contribution in [-0.2, 0) is 21.2 Å². The number of rotatable bonds is 7. The molecule has 3 aromatic rings. The Morgan fingerprint density at radius 3 is 2.42 bits per heavy atom. The highest BCUT2D eigenvalue weighted by molar-refractivity contribution is 7.91. The van der Waals surface area contributed by atoms with E-state index < -0.39 is 16.4 Å². The summed E-state index contributed by atoms with van der Waals surface area (Å²) >= 11 is 0.894. The van der Waals surface area contributed by atoms with Gasteiger partial charge in [-0.2, -0.15) is 0 Å². The number of carbonyl (C=O) groups is 1. The summed E-state index contributed by atoms with van der Waals surface area (Å²) in [7, 11) is -0.865. The molecule has 0 bridgehead atoms. The van der Waals surface area contributed by atoms with Crippen LogP contribution in [0.4, 0.5) is 18.3 Å². The highest BCUT2D eigenvalue weighted by Gasteiger charge is 2.31. The fourth-order valence-corrected chi connectivity index (χ4v) is 5.25. The number of likely N-dealkylation sites (N-methyl/N-ethyl adjacent to an activating group) is 1. The number of sulfonamides is 1. The second-order valence-corrected chi connectivity index (χ2v) is 10.0. The Morgan fingerprint density at radius 2 is 1.82 bits per heavy atom. The zero-order valence-electron chi connectivity index (χ0n) is 17.8. The summed E-state index contributed by atoms with van der Waals surface area (Å²) in [6.45, 7) is 1.55. The molecule has 1 N–H and O–H groups in total. The first kappa shape index (κ1) is 24.7. The Labute approximate surface area is 192 Å². The quantitative estimate of drug-likeness (QED) is 0.528. The maximum atomic E-state index is 12.7. The lowest BCUT2D eigenvalue weighted by Gasteiger charge is -2.14. The van der Waals surface area contributed by atoms with E-state index in [0.717, 1.165) is 11.3 Å². The number of hydrogen-bond donors (Lipinski definition) is 1. The van der Waals surface area contributed by atoms with E-state index in [9.17, 15) is 26.4 Å². The number of carbonyl (C=O) groups excluding carboxylic acids is 1. The van der Waals surface area contributed by atoms with Crippen LogP contribution in [0.3, 0.4) is 0 Å². The normalized spacial score (nSPS) is 11.9. The Balaban J connectivity index is 1.72. The summed E-state index contributed by atoms with van der Waals surface area (Å²) < 4.78 is 67.6. The number of aryl methyl sites for hydroxylation is 1. The van der Waals surface area contributed by atoms with Gasteiger partial charge in [0.2, 0.25) is 5.91 Å². The largest absolute Gasteiger partial charge is 0.573 e. The average Bonchev–Trinajstić information content (AvgIpc) is 3.15. The molecule has 0 saturated heterocycles. The van der Waals surface area contributed by atoms with Crippen molar-refractivity contribution in [1.29, 1.82) is 0 Å². The Morgan fingerprint density at radius 1 is 1.15 bits per heavy atom. The number of nitrogens with zero attached hydrogens (tertiary/aromatic N) is 2. The molecule has 0 aliphatic carbocycles. The van der Waals surface area contributed by atoms with Gasteiger partial charge in [-0.05, 0) is 42.8 Å². The molecule has 12 heteroatoms. The molecular formula is C21H20F3N3O4S2. The van der Waals surface area contributed by atoms with Gasteiger partial charge in [-0.25, -0.2) is 18.1 Å². The van der Waals surface area contributed by atoms with Gasteiger partial charge in [0.05, 0.1) is 12.1 Å². The fourth-order valence-electron chi connectivity index (χ4n) is 2.94. The van der Waals surface area contributed by atoms with Crippen molar-refractivity contribution in [1.82, 2.24) is 9.71 Å². The second kappa shape index (κ2) is 9.49. The predicted molar refractivity (Wildman–Crippen MR) is 119 cm³/mol. The van der Waals surface area contributed by atoms with Crippen LogP contribution in [0, 0.1) is 6.92 Å². The van der Waals surface area contributed by atoms with Crippen LogP contribution < -0.4 is 14.4 Å². The van der Waals surface area contributed by atoms with Gasteiger partial charge in [0.1, 0.15) is 5.75 Å². The third-order valence-electron chi connectivity index (χ3n) is 4.63. The van der Waals surface area contributed by atoms with Crippen LogP contribution in [0.2, 0.25) is 0 Å². The van der Waals surface area contributed by atoms with E-state index in [4.69, 9.17) is 0 Å². The molecule has 0 aliphatic heterocycles. The first-order valence-corrected chi connectivity index (χ1v) is 11.8. The summed E-state index contributed by atoms with van der Waals surface area (Å²) in [5.41, 5.74) is 2.16. The number of anilines is 1. The van der Waals surface area contributed by atoms with E-state index >= 15 is 0 Å². The Hall–Kier alpha value is -2.96. The van der Waals surface area contributed by atoms with Crippen molar-refractivity contribution in [2.45, 2.75) is 23.9 Å². The smallest absolute Gasteiger partial charge is 0.406 e. The van der Waals surface area contributed by atoms with E-state index in [0.29, 0.717) is 22.4 Å². The van der Waals surface area contributed by atoms with Crippen LogP contribution in [0.5, 0.6) is 5.75 Å². The lowest BCUT2D eigenvalue weighted by Crippen LogP contribution is -2.27. The number of aromatic nitrogens is 1. The summed E-state index contributed by atoms with van der Waals surface area (Å²) in [6.07, 6.45) is -4.75. The van der Waals surface area contributed by atoms with E-state index in [-0.39, 0.29) is 27.4 Å². The number of ether oxygens (including phenoxy) is 1. The molecule has 0 saturated carbocycles. The van der Waals surface area contributed by atoms with Gasteiger partial charge in [0, 0.05) is 7.05 Å². The highest BCUT2D eigenvalue weighted by atomic mass is 32.2. The van der Waals surface area contributed by atoms with Crippen molar-refractivity contribution in [3.8, 4) is 16.9 Å². The van der Waals surface area contributed by atoms with Crippen molar-refractivity contribution in [2.75, 3.05) is 19.0 Å². The number of hydrogen-bond acceptors (Lipinski definition) is 6. The minimum Gasteiger partial charge on any atom is -0.406 e. The summed E-state index contributed by atoms with van der Waals surface area (Å²) in [5, 5.41) is 0.254. The number of halogens is 3. The van der Waals surface area contributed by atoms with Crippen LogP contribution in [-0.4, -0.2) is 39.8 Å². The maximum absolute atomic E-state index is 12.7. The van der Waals surface area contributed by atoms with E-state index in [2.05, 4.69) is 14.4 Å². The van der Waals surface area contributed by atoms with Gasteiger partial charge in [-0.1, -0.05) is 47.7 Å². The standard InChI is InChI=1S/C21H20F3N3O4S2/c1-13-19(33(29,30)25-2)32-20(26-13)27(3)18(28)11-14-7-9-15(10-8-14)16-5-4-6-17(12-16)31-21(22,23)24/h4-10,12,25H,11H2,1-3H3. The van der Waals surface area contributed by atoms with Crippen LogP contribution in [0.25, 0.3) is 11.1 Å². The summed E-state index contributed by atoms with van der Waals surface area (Å²) in [4.78, 5) is 18.2.